The molecule has 0 saturated carbocycles. The second-order valence-corrected chi connectivity index (χ2v) is 7.24. The van der Waals surface area contributed by atoms with Gasteiger partial charge in [0.05, 0.1) is 17.9 Å². The number of rotatable bonds is 5. The molecule has 0 amide bonds. The largest absolute Gasteiger partial charge is 0.462 e. The van der Waals surface area contributed by atoms with Crippen LogP contribution in [0.4, 0.5) is 0 Å². The van der Waals surface area contributed by atoms with E-state index < -0.39 is 21.1 Å². The second kappa shape index (κ2) is 6.30. The maximum Gasteiger partial charge on any atom is 0.341 e. The minimum Gasteiger partial charge on any atom is -0.462 e. The van der Waals surface area contributed by atoms with Crippen LogP contribution in [-0.4, -0.2) is 37.2 Å². The van der Waals surface area contributed by atoms with Crippen LogP contribution in [0.1, 0.15) is 60.7 Å². The van der Waals surface area contributed by atoms with Crippen molar-refractivity contribution in [2.24, 2.45) is 0 Å². The SMILES string of the molecule is CCOC(=O)c1cnc(C(C)S(C)(=O)=O)nc1C(C)C. The molecule has 0 bridgehead atoms. The molecule has 0 aliphatic rings. The summed E-state index contributed by atoms with van der Waals surface area (Å²) in [6.45, 7) is 7.25. The van der Waals surface area contributed by atoms with Crippen molar-refractivity contribution in [1.82, 2.24) is 9.97 Å². The van der Waals surface area contributed by atoms with Gasteiger partial charge < -0.3 is 4.74 Å². The summed E-state index contributed by atoms with van der Waals surface area (Å²) in [5, 5.41) is -0.809. The Morgan fingerprint density at radius 2 is 1.95 bits per heavy atom. The van der Waals surface area contributed by atoms with Crippen LogP contribution in [0.15, 0.2) is 6.20 Å². The van der Waals surface area contributed by atoms with E-state index in [1.807, 2.05) is 13.8 Å². The Morgan fingerprint density at radius 1 is 1.35 bits per heavy atom. The molecule has 0 saturated heterocycles. The zero-order valence-corrected chi connectivity index (χ0v) is 13.2. The average molecular weight is 300 g/mol. The molecule has 0 aliphatic carbocycles. The summed E-state index contributed by atoms with van der Waals surface area (Å²) in [5.41, 5.74) is 0.787. The van der Waals surface area contributed by atoms with Gasteiger partial charge in [0, 0.05) is 12.5 Å². The van der Waals surface area contributed by atoms with Crippen molar-refractivity contribution >= 4 is 15.8 Å². The lowest BCUT2D eigenvalue weighted by molar-refractivity contribution is 0.0523. The fourth-order valence-corrected chi connectivity index (χ4v) is 2.10. The highest BCUT2D eigenvalue weighted by atomic mass is 32.2. The number of carbonyl (C=O) groups is 1. The zero-order valence-electron chi connectivity index (χ0n) is 12.4. The van der Waals surface area contributed by atoms with E-state index in [4.69, 9.17) is 4.74 Å². The minimum atomic E-state index is -3.28. The van der Waals surface area contributed by atoms with Crippen LogP contribution in [0, 0.1) is 0 Å². The van der Waals surface area contributed by atoms with Crippen LogP contribution in [0.25, 0.3) is 0 Å². The molecular formula is C13H20N2O4S. The van der Waals surface area contributed by atoms with E-state index in [2.05, 4.69) is 9.97 Å². The Balaban J connectivity index is 3.30. The van der Waals surface area contributed by atoms with Gasteiger partial charge in [0.2, 0.25) is 0 Å². The predicted molar refractivity (Wildman–Crippen MR) is 75.3 cm³/mol. The number of carbonyl (C=O) groups excluding carboxylic acids is 1. The molecule has 1 rings (SSSR count). The molecule has 20 heavy (non-hydrogen) atoms. The van der Waals surface area contributed by atoms with Gasteiger partial charge in [-0.3, -0.25) is 0 Å². The zero-order chi connectivity index (χ0) is 15.5. The molecule has 112 valence electrons. The first kappa shape index (κ1) is 16.6. The van der Waals surface area contributed by atoms with Gasteiger partial charge >= 0.3 is 5.97 Å². The quantitative estimate of drug-likeness (QED) is 0.772. The van der Waals surface area contributed by atoms with Crippen LogP contribution in [-0.2, 0) is 14.6 Å². The number of ether oxygens (including phenoxy) is 1. The lowest BCUT2D eigenvalue weighted by atomic mass is 10.1. The number of hydrogen-bond donors (Lipinski definition) is 0. The molecule has 1 atom stereocenters. The molecule has 1 unspecified atom stereocenters. The van der Waals surface area contributed by atoms with Crippen LogP contribution in [0.5, 0.6) is 0 Å². The average Bonchev–Trinajstić information content (AvgIpc) is 2.36. The normalized spacial score (nSPS) is 13.3. The summed E-state index contributed by atoms with van der Waals surface area (Å²) in [6, 6.07) is 0. The number of esters is 1. The van der Waals surface area contributed by atoms with Gasteiger partial charge in [0.15, 0.2) is 9.84 Å². The number of nitrogens with zero attached hydrogens (tertiary/aromatic N) is 2. The summed E-state index contributed by atoms with van der Waals surface area (Å²) < 4.78 is 28.1. The molecule has 0 spiro atoms. The summed E-state index contributed by atoms with van der Waals surface area (Å²) >= 11 is 0. The molecule has 0 radical (unpaired) electrons. The second-order valence-electron chi connectivity index (χ2n) is 4.87. The minimum absolute atomic E-state index is 0.0390. The third kappa shape index (κ3) is 3.75. The predicted octanol–water partition coefficient (Wildman–Crippen LogP) is 1.88. The first-order valence-corrected chi connectivity index (χ1v) is 8.36. The molecule has 0 fully saturated rings. The Labute approximate surface area is 119 Å². The van der Waals surface area contributed by atoms with Crippen LogP contribution < -0.4 is 0 Å². The van der Waals surface area contributed by atoms with E-state index in [9.17, 15) is 13.2 Å². The van der Waals surface area contributed by atoms with E-state index in [1.165, 1.54) is 13.1 Å². The van der Waals surface area contributed by atoms with Gasteiger partial charge in [0.25, 0.3) is 0 Å². The third-order valence-electron chi connectivity index (χ3n) is 2.88. The molecular weight excluding hydrogens is 280 g/mol. The van der Waals surface area contributed by atoms with Gasteiger partial charge in [-0.1, -0.05) is 13.8 Å². The summed E-state index contributed by atoms with van der Waals surface area (Å²) in [6.07, 6.45) is 2.48. The van der Waals surface area contributed by atoms with Crippen LogP contribution in [0.3, 0.4) is 0 Å². The third-order valence-corrected chi connectivity index (χ3v) is 4.38. The van der Waals surface area contributed by atoms with Gasteiger partial charge in [0.1, 0.15) is 11.1 Å². The first-order valence-electron chi connectivity index (χ1n) is 6.41. The molecule has 7 heteroatoms. The highest BCUT2D eigenvalue weighted by molar-refractivity contribution is 7.90. The highest BCUT2D eigenvalue weighted by Crippen LogP contribution is 2.22. The van der Waals surface area contributed by atoms with Crippen molar-refractivity contribution in [2.75, 3.05) is 12.9 Å². The molecule has 1 aromatic heterocycles. The van der Waals surface area contributed by atoms with Crippen molar-refractivity contribution in [3.05, 3.63) is 23.3 Å². The molecule has 1 aromatic rings. The van der Waals surface area contributed by atoms with Crippen molar-refractivity contribution in [2.45, 2.75) is 38.9 Å². The van der Waals surface area contributed by atoms with Crippen molar-refractivity contribution in [3.63, 3.8) is 0 Å². The Hall–Kier alpha value is -1.50. The Morgan fingerprint density at radius 3 is 2.40 bits per heavy atom. The first-order chi connectivity index (χ1) is 9.18. The summed E-state index contributed by atoms with van der Waals surface area (Å²) in [4.78, 5) is 20.1. The molecule has 6 nitrogen and oxygen atoms in total. The molecule has 0 aliphatic heterocycles. The van der Waals surface area contributed by atoms with Gasteiger partial charge in [-0.15, -0.1) is 0 Å². The van der Waals surface area contributed by atoms with Crippen LogP contribution in [0.2, 0.25) is 0 Å². The van der Waals surface area contributed by atoms with Crippen molar-refractivity contribution < 1.29 is 17.9 Å². The van der Waals surface area contributed by atoms with Crippen LogP contribution >= 0.6 is 0 Å². The Kier molecular flexibility index (Phi) is 5.21. The van der Waals surface area contributed by atoms with Gasteiger partial charge in [-0.05, 0) is 19.8 Å². The van der Waals surface area contributed by atoms with Gasteiger partial charge in [-0.25, -0.2) is 23.2 Å². The van der Waals surface area contributed by atoms with E-state index >= 15 is 0 Å². The van der Waals surface area contributed by atoms with E-state index in [-0.39, 0.29) is 23.9 Å². The standard InChI is InChI=1S/C13H20N2O4S/c1-6-19-13(16)10-7-14-12(9(4)20(5,17)18)15-11(10)8(2)3/h7-9H,6H2,1-5H3. The fraction of sp³-hybridized carbons (Fsp3) is 0.615. The molecule has 0 N–H and O–H groups in total. The van der Waals surface area contributed by atoms with E-state index in [0.29, 0.717) is 5.69 Å². The lowest BCUT2D eigenvalue weighted by Crippen LogP contribution is -2.17. The molecule has 0 aromatic carbocycles. The topological polar surface area (TPSA) is 86.2 Å². The van der Waals surface area contributed by atoms with Gasteiger partial charge in [-0.2, -0.15) is 0 Å². The highest BCUT2D eigenvalue weighted by Gasteiger charge is 2.24. The summed E-state index contributed by atoms with van der Waals surface area (Å²) in [5.74, 6) is -0.332. The fourth-order valence-electron chi connectivity index (χ4n) is 1.60. The maximum atomic E-state index is 11.8. The van der Waals surface area contributed by atoms with E-state index in [1.54, 1.807) is 6.92 Å². The molecule has 1 heterocycles. The van der Waals surface area contributed by atoms with Crippen molar-refractivity contribution in [1.29, 1.82) is 0 Å². The van der Waals surface area contributed by atoms with E-state index in [0.717, 1.165) is 6.26 Å². The maximum absolute atomic E-state index is 11.8. The summed E-state index contributed by atoms with van der Waals surface area (Å²) in [7, 11) is -3.28. The monoisotopic (exact) mass is 300 g/mol. The van der Waals surface area contributed by atoms with Crippen molar-refractivity contribution in [3.8, 4) is 0 Å². The lowest BCUT2D eigenvalue weighted by Gasteiger charge is -2.14. The number of hydrogen-bond acceptors (Lipinski definition) is 6. The Bertz CT molecular complexity index is 596. The smallest absolute Gasteiger partial charge is 0.341 e. The number of sulfone groups is 1. The number of aromatic nitrogens is 2.